The van der Waals surface area contributed by atoms with Crippen molar-refractivity contribution in [3.8, 4) is 11.5 Å². The van der Waals surface area contributed by atoms with Crippen LogP contribution in [0.15, 0.2) is 48.5 Å². The van der Waals surface area contributed by atoms with Crippen LogP contribution in [-0.2, 0) is 26.2 Å². The molecule has 1 N–H and O–H groups in total. The SMILES string of the molecule is CCNC(=O)[C@H](CC)N(Cc1ccccc1)C(=O)CN(c1ccc2c(c1)OCO2)S(C)(=O)=O. The molecule has 10 heteroatoms. The molecule has 1 heterocycles. The van der Waals surface area contributed by atoms with Gasteiger partial charge in [0.1, 0.15) is 12.6 Å². The molecule has 1 atom stereocenters. The van der Waals surface area contributed by atoms with E-state index in [1.54, 1.807) is 19.1 Å². The van der Waals surface area contributed by atoms with Gasteiger partial charge in [-0.05, 0) is 31.0 Å². The van der Waals surface area contributed by atoms with Crippen LogP contribution in [0.2, 0.25) is 0 Å². The third-order valence-electron chi connectivity index (χ3n) is 5.26. The van der Waals surface area contributed by atoms with Crippen LogP contribution in [0.25, 0.3) is 0 Å². The molecular formula is C23H29N3O6S. The van der Waals surface area contributed by atoms with E-state index in [1.165, 1.54) is 11.0 Å². The van der Waals surface area contributed by atoms with Crippen molar-refractivity contribution in [2.75, 3.05) is 30.4 Å². The molecule has 2 aromatic rings. The lowest BCUT2D eigenvalue weighted by Gasteiger charge is -2.32. The third kappa shape index (κ3) is 5.95. The summed E-state index contributed by atoms with van der Waals surface area (Å²) in [5.74, 6) is 0.147. The molecule has 3 rings (SSSR count). The monoisotopic (exact) mass is 475 g/mol. The Morgan fingerprint density at radius 3 is 2.39 bits per heavy atom. The maximum Gasteiger partial charge on any atom is 0.244 e. The van der Waals surface area contributed by atoms with Crippen LogP contribution in [0, 0.1) is 0 Å². The van der Waals surface area contributed by atoms with Gasteiger partial charge in [-0.3, -0.25) is 13.9 Å². The van der Waals surface area contributed by atoms with Gasteiger partial charge in [0.05, 0.1) is 11.9 Å². The second-order valence-corrected chi connectivity index (χ2v) is 9.54. The Bertz CT molecular complexity index is 1090. The standard InChI is InChI=1S/C23H29N3O6S/c1-4-19(23(28)24-5-2)25(14-17-9-7-6-8-10-17)22(27)15-26(33(3,29)30)18-11-12-20-21(13-18)32-16-31-20/h6-13,19H,4-5,14-16H2,1-3H3,(H,24,28)/t19-/m0/s1. The molecule has 2 amide bonds. The molecule has 0 saturated carbocycles. The van der Waals surface area contributed by atoms with Crippen molar-refractivity contribution in [3.63, 3.8) is 0 Å². The number of hydrogen-bond acceptors (Lipinski definition) is 6. The molecule has 2 aromatic carbocycles. The van der Waals surface area contributed by atoms with Gasteiger partial charge in [-0.2, -0.15) is 0 Å². The topological polar surface area (TPSA) is 105 Å². The number of fused-ring (bicyclic) bond motifs is 1. The molecule has 178 valence electrons. The van der Waals surface area contributed by atoms with Gasteiger partial charge < -0.3 is 19.7 Å². The van der Waals surface area contributed by atoms with E-state index in [1.807, 2.05) is 37.3 Å². The predicted octanol–water partition coefficient (Wildman–Crippen LogP) is 2.12. The lowest BCUT2D eigenvalue weighted by Crippen LogP contribution is -2.52. The van der Waals surface area contributed by atoms with Gasteiger partial charge >= 0.3 is 0 Å². The minimum Gasteiger partial charge on any atom is -0.454 e. The fourth-order valence-electron chi connectivity index (χ4n) is 3.65. The van der Waals surface area contributed by atoms with E-state index in [0.717, 1.165) is 16.1 Å². The zero-order valence-electron chi connectivity index (χ0n) is 19.0. The molecule has 0 radical (unpaired) electrons. The summed E-state index contributed by atoms with van der Waals surface area (Å²) in [6.45, 7) is 3.81. The zero-order valence-corrected chi connectivity index (χ0v) is 19.8. The Morgan fingerprint density at radius 1 is 1.06 bits per heavy atom. The van der Waals surface area contributed by atoms with Crippen LogP contribution in [-0.4, -0.2) is 57.3 Å². The first-order chi connectivity index (χ1) is 15.7. The number of nitrogens with one attached hydrogen (secondary N) is 1. The molecule has 0 fully saturated rings. The van der Waals surface area contributed by atoms with Crippen LogP contribution in [0.5, 0.6) is 11.5 Å². The van der Waals surface area contributed by atoms with Crippen molar-refractivity contribution in [2.45, 2.75) is 32.9 Å². The maximum absolute atomic E-state index is 13.5. The Hall–Kier alpha value is -3.27. The van der Waals surface area contributed by atoms with E-state index in [2.05, 4.69) is 5.32 Å². The van der Waals surface area contributed by atoms with E-state index >= 15 is 0 Å². The quantitative estimate of drug-likeness (QED) is 0.564. The molecular weight excluding hydrogens is 446 g/mol. The first-order valence-corrected chi connectivity index (χ1v) is 12.6. The Labute approximate surface area is 194 Å². The summed E-state index contributed by atoms with van der Waals surface area (Å²) in [5.41, 5.74) is 1.11. The van der Waals surface area contributed by atoms with Gasteiger partial charge in [0.2, 0.25) is 28.6 Å². The zero-order chi connectivity index (χ0) is 24.0. The summed E-state index contributed by atoms with van der Waals surface area (Å²) in [4.78, 5) is 27.7. The van der Waals surface area contributed by atoms with Gasteiger partial charge in [-0.25, -0.2) is 8.42 Å². The van der Waals surface area contributed by atoms with Crippen LogP contribution < -0.4 is 19.1 Å². The number of ether oxygens (including phenoxy) is 2. The highest BCUT2D eigenvalue weighted by molar-refractivity contribution is 7.92. The van der Waals surface area contributed by atoms with Gasteiger partial charge in [0.25, 0.3) is 0 Å². The predicted molar refractivity (Wildman–Crippen MR) is 125 cm³/mol. The second-order valence-electron chi connectivity index (χ2n) is 7.63. The van der Waals surface area contributed by atoms with E-state index in [-0.39, 0.29) is 24.9 Å². The molecule has 0 saturated heterocycles. The molecule has 0 spiro atoms. The van der Waals surface area contributed by atoms with Gasteiger partial charge in [0, 0.05) is 19.2 Å². The fourth-order valence-corrected chi connectivity index (χ4v) is 4.49. The second kappa shape index (κ2) is 10.6. The molecule has 0 bridgehead atoms. The van der Waals surface area contributed by atoms with Crippen molar-refractivity contribution < 1.29 is 27.5 Å². The molecule has 1 aliphatic rings. The van der Waals surface area contributed by atoms with Gasteiger partial charge in [0.15, 0.2) is 11.5 Å². The number of carbonyl (C=O) groups is 2. The summed E-state index contributed by atoms with van der Waals surface area (Å²) in [7, 11) is -3.81. The minimum atomic E-state index is -3.81. The molecule has 0 aromatic heterocycles. The number of amides is 2. The number of benzene rings is 2. The average molecular weight is 476 g/mol. The summed E-state index contributed by atoms with van der Waals surface area (Å²) in [6, 6.07) is 13.2. The number of nitrogens with zero attached hydrogens (tertiary/aromatic N) is 2. The number of rotatable bonds is 10. The summed E-state index contributed by atoms with van der Waals surface area (Å²) >= 11 is 0. The Kier molecular flexibility index (Phi) is 7.80. The first-order valence-electron chi connectivity index (χ1n) is 10.7. The van der Waals surface area contributed by atoms with Crippen LogP contribution >= 0.6 is 0 Å². The van der Waals surface area contributed by atoms with E-state index < -0.39 is 28.5 Å². The van der Waals surface area contributed by atoms with E-state index in [9.17, 15) is 18.0 Å². The lowest BCUT2D eigenvalue weighted by molar-refractivity contribution is -0.140. The minimum absolute atomic E-state index is 0.0478. The third-order valence-corrected chi connectivity index (χ3v) is 6.40. The van der Waals surface area contributed by atoms with Gasteiger partial charge in [-0.1, -0.05) is 37.3 Å². The molecule has 0 aliphatic carbocycles. The van der Waals surface area contributed by atoms with Gasteiger partial charge in [-0.15, -0.1) is 0 Å². The first kappa shape index (κ1) is 24.4. The Balaban J connectivity index is 1.93. The van der Waals surface area contributed by atoms with Crippen LogP contribution in [0.1, 0.15) is 25.8 Å². The number of sulfonamides is 1. The van der Waals surface area contributed by atoms with Crippen molar-refractivity contribution in [1.29, 1.82) is 0 Å². The largest absolute Gasteiger partial charge is 0.454 e. The molecule has 1 aliphatic heterocycles. The maximum atomic E-state index is 13.5. The smallest absolute Gasteiger partial charge is 0.244 e. The summed E-state index contributed by atoms with van der Waals surface area (Å²) in [6.07, 6.45) is 1.42. The van der Waals surface area contributed by atoms with Crippen molar-refractivity contribution in [3.05, 3.63) is 54.1 Å². The normalized spacial score (nSPS) is 13.3. The van der Waals surface area contributed by atoms with Crippen LogP contribution in [0.3, 0.4) is 0 Å². The number of likely N-dealkylation sites (N-methyl/N-ethyl adjacent to an activating group) is 1. The highest BCUT2D eigenvalue weighted by atomic mass is 32.2. The fraction of sp³-hybridized carbons (Fsp3) is 0.391. The molecule has 0 unspecified atom stereocenters. The van der Waals surface area contributed by atoms with Crippen molar-refractivity contribution >= 4 is 27.5 Å². The molecule has 9 nitrogen and oxygen atoms in total. The van der Waals surface area contributed by atoms with Crippen molar-refractivity contribution in [2.24, 2.45) is 0 Å². The van der Waals surface area contributed by atoms with E-state index in [0.29, 0.717) is 24.5 Å². The van der Waals surface area contributed by atoms with E-state index in [4.69, 9.17) is 9.47 Å². The molecule has 33 heavy (non-hydrogen) atoms. The lowest BCUT2D eigenvalue weighted by atomic mass is 10.1. The highest BCUT2D eigenvalue weighted by Gasteiger charge is 2.32. The summed E-state index contributed by atoms with van der Waals surface area (Å²) < 4.78 is 36.9. The Morgan fingerprint density at radius 2 is 1.76 bits per heavy atom. The highest BCUT2D eigenvalue weighted by Crippen LogP contribution is 2.36. The van der Waals surface area contributed by atoms with Crippen LogP contribution in [0.4, 0.5) is 5.69 Å². The number of hydrogen-bond donors (Lipinski definition) is 1. The average Bonchev–Trinajstić information content (AvgIpc) is 3.25. The van der Waals surface area contributed by atoms with Crippen molar-refractivity contribution in [1.82, 2.24) is 10.2 Å². The number of anilines is 1. The summed E-state index contributed by atoms with van der Waals surface area (Å²) in [5, 5.41) is 2.77. The number of carbonyl (C=O) groups excluding carboxylic acids is 2.